The van der Waals surface area contributed by atoms with E-state index in [1.54, 1.807) is 11.4 Å². The van der Waals surface area contributed by atoms with Crippen LogP contribution in [0.1, 0.15) is 12.8 Å². The molecule has 2 amide bonds. The van der Waals surface area contributed by atoms with Crippen LogP contribution in [0.15, 0.2) is 22.6 Å². The first-order valence-corrected chi connectivity index (χ1v) is 7.50. The average molecular weight is 306 g/mol. The van der Waals surface area contributed by atoms with Crippen molar-refractivity contribution in [2.24, 2.45) is 0 Å². The molecule has 2 aromatic rings. The van der Waals surface area contributed by atoms with Crippen LogP contribution < -0.4 is 16.2 Å². The molecule has 0 bridgehead atoms. The number of hydrogen-bond acceptors (Lipinski definition) is 5. The van der Waals surface area contributed by atoms with Gasteiger partial charge >= 0.3 is 0 Å². The van der Waals surface area contributed by atoms with Crippen LogP contribution in [0, 0.1) is 0 Å². The van der Waals surface area contributed by atoms with Crippen molar-refractivity contribution in [3.05, 3.63) is 28.1 Å². The van der Waals surface area contributed by atoms with Gasteiger partial charge in [-0.15, -0.1) is 11.3 Å². The molecule has 3 heterocycles. The van der Waals surface area contributed by atoms with Crippen molar-refractivity contribution in [3.63, 3.8) is 0 Å². The van der Waals surface area contributed by atoms with Crippen molar-refractivity contribution in [1.82, 2.24) is 20.2 Å². The molecule has 21 heavy (non-hydrogen) atoms. The minimum atomic E-state index is -0.255. The summed E-state index contributed by atoms with van der Waals surface area (Å²) in [5.74, 6) is -0.251. The molecule has 3 rings (SSSR count). The minimum Gasteiger partial charge on any atom is -0.354 e. The van der Waals surface area contributed by atoms with Gasteiger partial charge in [-0.05, 0) is 17.9 Å². The standard InChI is InChI=1S/C13H14N4O3S/c18-10-2-1-8(5-14-10)16-11(19)6-17-7-15-12-9(13(17)20)3-4-21-12/h3-4,7-8H,1-2,5-6H2,(H,14,18)(H,16,19). The van der Waals surface area contributed by atoms with Crippen LogP contribution >= 0.6 is 11.3 Å². The fourth-order valence-electron chi connectivity index (χ4n) is 2.29. The van der Waals surface area contributed by atoms with E-state index in [0.717, 1.165) is 0 Å². The van der Waals surface area contributed by atoms with Gasteiger partial charge in [-0.1, -0.05) is 0 Å². The molecule has 0 aromatic carbocycles. The Morgan fingerprint density at radius 2 is 2.38 bits per heavy atom. The van der Waals surface area contributed by atoms with E-state index in [1.165, 1.54) is 22.2 Å². The quantitative estimate of drug-likeness (QED) is 0.825. The number of nitrogens with one attached hydrogen (secondary N) is 2. The second-order valence-electron chi connectivity index (χ2n) is 4.92. The zero-order chi connectivity index (χ0) is 14.8. The van der Waals surface area contributed by atoms with Gasteiger partial charge in [0.15, 0.2) is 0 Å². The molecule has 0 radical (unpaired) electrons. The fourth-order valence-corrected chi connectivity index (χ4v) is 3.01. The van der Waals surface area contributed by atoms with Crippen molar-refractivity contribution in [2.75, 3.05) is 6.54 Å². The highest BCUT2D eigenvalue weighted by molar-refractivity contribution is 7.16. The zero-order valence-electron chi connectivity index (χ0n) is 11.2. The molecule has 0 saturated carbocycles. The summed E-state index contributed by atoms with van der Waals surface area (Å²) in [6.07, 6.45) is 2.42. The number of amides is 2. The molecule has 1 aliphatic rings. The normalized spacial score (nSPS) is 18.5. The van der Waals surface area contributed by atoms with Crippen LogP contribution in [0.3, 0.4) is 0 Å². The first kappa shape index (κ1) is 13.7. The smallest absolute Gasteiger partial charge is 0.262 e. The van der Waals surface area contributed by atoms with Gasteiger partial charge in [-0.2, -0.15) is 0 Å². The van der Waals surface area contributed by atoms with Crippen LogP contribution in [-0.2, 0) is 16.1 Å². The van der Waals surface area contributed by atoms with Crippen molar-refractivity contribution in [3.8, 4) is 0 Å². The summed E-state index contributed by atoms with van der Waals surface area (Å²) in [5, 5.41) is 7.85. The van der Waals surface area contributed by atoms with Crippen LogP contribution in [0.4, 0.5) is 0 Å². The Bertz CT molecular complexity index is 741. The van der Waals surface area contributed by atoms with E-state index in [9.17, 15) is 14.4 Å². The lowest BCUT2D eigenvalue weighted by Crippen LogP contribution is -2.48. The number of fused-ring (bicyclic) bond motifs is 1. The molecule has 0 aliphatic carbocycles. The summed E-state index contributed by atoms with van der Waals surface area (Å²) in [6, 6.07) is 1.63. The third kappa shape index (κ3) is 2.94. The summed E-state index contributed by atoms with van der Waals surface area (Å²) in [7, 11) is 0. The summed E-state index contributed by atoms with van der Waals surface area (Å²) < 4.78 is 1.30. The Hall–Kier alpha value is -2.22. The van der Waals surface area contributed by atoms with E-state index in [0.29, 0.717) is 29.6 Å². The summed E-state index contributed by atoms with van der Waals surface area (Å²) >= 11 is 1.39. The van der Waals surface area contributed by atoms with E-state index in [1.807, 2.05) is 0 Å². The highest BCUT2D eigenvalue weighted by Gasteiger charge is 2.19. The number of carbonyl (C=O) groups is 2. The Kier molecular flexibility index (Phi) is 3.70. The molecule has 7 nitrogen and oxygen atoms in total. The largest absolute Gasteiger partial charge is 0.354 e. The minimum absolute atomic E-state index is 0.00354. The number of rotatable bonds is 3. The average Bonchev–Trinajstić information content (AvgIpc) is 2.94. The number of nitrogens with zero attached hydrogens (tertiary/aromatic N) is 2. The molecule has 1 fully saturated rings. The predicted octanol–water partition coefficient (Wildman–Crippen LogP) is -0.147. The first-order valence-electron chi connectivity index (χ1n) is 6.62. The van der Waals surface area contributed by atoms with E-state index < -0.39 is 0 Å². The number of carbonyl (C=O) groups excluding carboxylic acids is 2. The van der Waals surface area contributed by atoms with Gasteiger partial charge in [0.1, 0.15) is 11.4 Å². The van der Waals surface area contributed by atoms with Crippen molar-refractivity contribution in [2.45, 2.75) is 25.4 Å². The maximum Gasteiger partial charge on any atom is 0.262 e. The summed E-state index contributed by atoms with van der Waals surface area (Å²) in [4.78, 5) is 40.0. The molecule has 1 unspecified atom stereocenters. The monoisotopic (exact) mass is 306 g/mol. The number of thiophene rings is 1. The lowest BCUT2D eigenvalue weighted by molar-refractivity contribution is -0.126. The predicted molar refractivity (Wildman–Crippen MR) is 78.1 cm³/mol. The van der Waals surface area contributed by atoms with Crippen LogP contribution in [0.25, 0.3) is 10.2 Å². The molecule has 1 aliphatic heterocycles. The maximum absolute atomic E-state index is 12.2. The summed E-state index contributed by atoms with van der Waals surface area (Å²) in [6.45, 7) is 0.364. The second-order valence-corrected chi connectivity index (χ2v) is 5.82. The molecule has 2 aromatic heterocycles. The van der Waals surface area contributed by atoms with Gasteiger partial charge in [-0.25, -0.2) is 4.98 Å². The van der Waals surface area contributed by atoms with E-state index in [-0.39, 0.29) is 30.0 Å². The van der Waals surface area contributed by atoms with Gasteiger partial charge in [0.2, 0.25) is 11.8 Å². The van der Waals surface area contributed by atoms with Gasteiger partial charge < -0.3 is 10.6 Å². The van der Waals surface area contributed by atoms with Gasteiger partial charge in [-0.3, -0.25) is 19.0 Å². The summed E-state index contributed by atoms with van der Waals surface area (Å²) in [5.41, 5.74) is -0.214. The highest BCUT2D eigenvalue weighted by Crippen LogP contribution is 2.13. The van der Waals surface area contributed by atoms with Gasteiger partial charge in [0, 0.05) is 19.0 Å². The molecular formula is C13H14N4O3S. The molecule has 1 atom stereocenters. The van der Waals surface area contributed by atoms with Crippen molar-refractivity contribution < 1.29 is 9.59 Å². The first-order chi connectivity index (χ1) is 10.1. The Labute approximate surface area is 124 Å². The van der Waals surface area contributed by atoms with Crippen molar-refractivity contribution in [1.29, 1.82) is 0 Å². The van der Waals surface area contributed by atoms with Gasteiger partial charge in [0.05, 0.1) is 11.7 Å². The molecule has 0 spiro atoms. The molecular weight excluding hydrogens is 292 g/mol. The van der Waals surface area contributed by atoms with E-state index >= 15 is 0 Å². The Balaban J connectivity index is 1.67. The van der Waals surface area contributed by atoms with Crippen LogP contribution in [-0.4, -0.2) is 34.0 Å². The highest BCUT2D eigenvalue weighted by atomic mass is 32.1. The van der Waals surface area contributed by atoms with E-state index in [2.05, 4.69) is 15.6 Å². The van der Waals surface area contributed by atoms with Crippen LogP contribution in [0.2, 0.25) is 0 Å². The number of aromatic nitrogens is 2. The van der Waals surface area contributed by atoms with E-state index in [4.69, 9.17) is 0 Å². The SMILES string of the molecule is O=C1CCC(NC(=O)Cn2cnc3sccc3c2=O)CN1. The maximum atomic E-state index is 12.2. The third-order valence-corrected chi connectivity index (χ3v) is 4.22. The topological polar surface area (TPSA) is 93.1 Å². The van der Waals surface area contributed by atoms with Crippen molar-refractivity contribution >= 4 is 33.4 Å². The molecule has 8 heteroatoms. The Morgan fingerprint density at radius 3 is 3.14 bits per heavy atom. The lowest BCUT2D eigenvalue weighted by Gasteiger charge is -2.23. The van der Waals surface area contributed by atoms with Gasteiger partial charge in [0.25, 0.3) is 5.56 Å². The number of piperidine rings is 1. The molecule has 1 saturated heterocycles. The molecule has 110 valence electrons. The van der Waals surface area contributed by atoms with Crippen LogP contribution in [0.5, 0.6) is 0 Å². The number of hydrogen-bond donors (Lipinski definition) is 2. The second kappa shape index (κ2) is 5.65. The lowest BCUT2D eigenvalue weighted by atomic mass is 10.1. The Morgan fingerprint density at radius 1 is 1.52 bits per heavy atom. The third-order valence-electron chi connectivity index (χ3n) is 3.39. The fraction of sp³-hybridized carbons (Fsp3) is 0.385. The zero-order valence-corrected chi connectivity index (χ0v) is 12.0. The molecule has 2 N–H and O–H groups in total.